The molecule has 1 aliphatic heterocycles. The molecule has 2 aromatic rings. The Morgan fingerprint density at radius 1 is 1.19 bits per heavy atom. The second-order valence-electron chi connectivity index (χ2n) is 6.32. The van der Waals surface area contributed by atoms with Gasteiger partial charge in [-0.1, -0.05) is 30.3 Å². The molecule has 3 rings (SSSR count). The van der Waals surface area contributed by atoms with Crippen molar-refractivity contribution in [2.24, 2.45) is 5.92 Å². The summed E-state index contributed by atoms with van der Waals surface area (Å²) in [6, 6.07) is 15.2. The molecule has 1 saturated heterocycles. The molecule has 0 spiro atoms. The number of non-ortho nitro benzene ring substituents is 1. The molecule has 0 unspecified atom stereocenters. The maximum Gasteiger partial charge on any atom is 0.269 e. The second-order valence-corrected chi connectivity index (χ2v) is 6.32. The molecule has 1 aliphatic rings. The summed E-state index contributed by atoms with van der Waals surface area (Å²) in [7, 11) is 0. The number of amides is 2. The third kappa shape index (κ3) is 3.72. The molecule has 2 aromatic carbocycles. The van der Waals surface area contributed by atoms with Crippen LogP contribution in [0.25, 0.3) is 0 Å². The molecule has 134 valence electrons. The minimum Gasteiger partial charge on any atom is -0.349 e. The third-order valence-corrected chi connectivity index (χ3v) is 4.53. The highest BCUT2D eigenvalue weighted by Crippen LogP contribution is 2.27. The molecule has 1 heterocycles. The van der Waals surface area contributed by atoms with Crippen molar-refractivity contribution in [2.45, 2.75) is 19.4 Å². The Morgan fingerprint density at radius 2 is 1.85 bits per heavy atom. The number of nitro groups is 1. The molecule has 2 amide bonds. The molecule has 1 N–H and O–H groups in total. The number of anilines is 1. The van der Waals surface area contributed by atoms with Crippen molar-refractivity contribution in [3.8, 4) is 0 Å². The summed E-state index contributed by atoms with van der Waals surface area (Å²) in [6.07, 6.45) is 0.129. The van der Waals surface area contributed by atoms with E-state index in [1.165, 1.54) is 29.2 Å². The molecule has 26 heavy (non-hydrogen) atoms. The molecule has 0 aliphatic carbocycles. The largest absolute Gasteiger partial charge is 0.349 e. The fourth-order valence-electron chi connectivity index (χ4n) is 3.04. The number of carbonyl (C=O) groups is 2. The zero-order valence-corrected chi connectivity index (χ0v) is 14.3. The first kappa shape index (κ1) is 17.6. The van der Waals surface area contributed by atoms with E-state index < -0.39 is 10.8 Å². The molecular formula is C19H19N3O4. The standard InChI is InChI=1S/C19H19N3O4/c1-13(14-5-3-2-4-6-14)20-19(24)15-11-18(23)21(12-15)16-7-9-17(10-8-16)22(25)26/h2-10,13,15H,11-12H2,1H3,(H,20,24)/t13-,15-/m1/s1. The van der Waals surface area contributed by atoms with Crippen LogP contribution in [-0.4, -0.2) is 23.3 Å². The normalized spacial score (nSPS) is 17.8. The minimum atomic E-state index is -0.489. The van der Waals surface area contributed by atoms with Crippen LogP contribution in [0.1, 0.15) is 24.9 Å². The summed E-state index contributed by atoms with van der Waals surface area (Å²) in [5, 5.41) is 13.7. The second kappa shape index (κ2) is 7.35. The van der Waals surface area contributed by atoms with Crippen LogP contribution < -0.4 is 10.2 Å². The summed E-state index contributed by atoms with van der Waals surface area (Å²) in [5.74, 6) is -0.769. The van der Waals surface area contributed by atoms with Crippen molar-refractivity contribution in [3.05, 3.63) is 70.3 Å². The first-order valence-electron chi connectivity index (χ1n) is 8.36. The van der Waals surface area contributed by atoms with Crippen LogP contribution in [0, 0.1) is 16.0 Å². The topological polar surface area (TPSA) is 92.6 Å². The van der Waals surface area contributed by atoms with Gasteiger partial charge in [0, 0.05) is 30.8 Å². The van der Waals surface area contributed by atoms with Gasteiger partial charge in [0.05, 0.1) is 16.9 Å². The van der Waals surface area contributed by atoms with Crippen molar-refractivity contribution < 1.29 is 14.5 Å². The molecule has 1 fully saturated rings. The average molecular weight is 353 g/mol. The van der Waals surface area contributed by atoms with Crippen molar-refractivity contribution in [1.82, 2.24) is 5.32 Å². The molecule has 0 aromatic heterocycles. The summed E-state index contributed by atoms with van der Waals surface area (Å²) in [4.78, 5) is 36.5. The van der Waals surface area contributed by atoms with Gasteiger partial charge in [0.1, 0.15) is 0 Å². The first-order chi connectivity index (χ1) is 12.5. The Kier molecular flexibility index (Phi) is 4.97. The van der Waals surface area contributed by atoms with Gasteiger partial charge in [-0.15, -0.1) is 0 Å². The number of benzene rings is 2. The van der Waals surface area contributed by atoms with E-state index in [0.29, 0.717) is 5.69 Å². The van der Waals surface area contributed by atoms with E-state index >= 15 is 0 Å². The van der Waals surface area contributed by atoms with Gasteiger partial charge in [0.25, 0.3) is 5.69 Å². The van der Waals surface area contributed by atoms with E-state index in [0.717, 1.165) is 5.56 Å². The van der Waals surface area contributed by atoms with Crippen LogP contribution >= 0.6 is 0 Å². The monoisotopic (exact) mass is 353 g/mol. The molecule has 2 atom stereocenters. The van der Waals surface area contributed by atoms with Gasteiger partial charge < -0.3 is 10.2 Å². The fraction of sp³-hybridized carbons (Fsp3) is 0.263. The van der Waals surface area contributed by atoms with Crippen molar-refractivity contribution in [3.63, 3.8) is 0 Å². The molecule has 0 bridgehead atoms. The van der Waals surface area contributed by atoms with Gasteiger partial charge >= 0.3 is 0 Å². The van der Waals surface area contributed by atoms with Crippen molar-refractivity contribution in [1.29, 1.82) is 0 Å². The smallest absolute Gasteiger partial charge is 0.269 e. The molecule has 7 nitrogen and oxygen atoms in total. The lowest BCUT2D eigenvalue weighted by Gasteiger charge is -2.18. The summed E-state index contributed by atoms with van der Waals surface area (Å²) in [5.41, 5.74) is 1.52. The van der Waals surface area contributed by atoms with Crippen LogP contribution in [-0.2, 0) is 9.59 Å². The first-order valence-corrected chi connectivity index (χ1v) is 8.36. The SMILES string of the molecule is C[C@@H](NC(=O)[C@@H]1CC(=O)N(c2ccc([N+](=O)[O-])cc2)C1)c1ccccc1. The van der Waals surface area contributed by atoms with Gasteiger partial charge in [-0.25, -0.2) is 0 Å². The molecule has 7 heteroatoms. The number of nitrogens with one attached hydrogen (secondary N) is 1. The zero-order valence-electron chi connectivity index (χ0n) is 14.3. The van der Waals surface area contributed by atoms with Crippen LogP contribution in [0.15, 0.2) is 54.6 Å². The Labute approximate surface area is 150 Å². The number of nitrogens with zero attached hydrogens (tertiary/aromatic N) is 2. The molecule has 0 radical (unpaired) electrons. The fourth-order valence-corrected chi connectivity index (χ4v) is 3.04. The quantitative estimate of drug-likeness (QED) is 0.661. The molecule has 0 saturated carbocycles. The predicted molar refractivity (Wildman–Crippen MR) is 96.6 cm³/mol. The highest BCUT2D eigenvalue weighted by molar-refractivity contribution is 6.00. The average Bonchev–Trinajstić information content (AvgIpc) is 3.04. The van der Waals surface area contributed by atoms with Gasteiger partial charge in [-0.2, -0.15) is 0 Å². The minimum absolute atomic E-state index is 0.0358. The van der Waals surface area contributed by atoms with Gasteiger partial charge in [-0.3, -0.25) is 19.7 Å². The zero-order chi connectivity index (χ0) is 18.7. The van der Waals surface area contributed by atoms with E-state index in [-0.39, 0.29) is 36.5 Å². The Hall–Kier alpha value is -3.22. The summed E-state index contributed by atoms with van der Waals surface area (Å²) < 4.78 is 0. The molecular weight excluding hydrogens is 334 g/mol. The lowest BCUT2D eigenvalue weighted by Crippen LogP contribution is -2.34. The summed E-state index contributed by atoms with van der Waals surface area (Å²) in [6.45, 7) is 2.17. The lowest BCUT2D eigenvalue weighted by molar-refractivity contribution is -0.384. The van der Waals surface area contributed by atoms with E-state index in [4.69, 9.17) is 0 Å². The van der Waals surface area contributed by atoms with Gasteiger partial charge in [0.2, 0.25) is 11.8 Å². The lowest BCUT2D eigenvalue weighted by atomic mass is 10.1. The van der Waals surface area contributed by atoms with Crippen LogP contribution in [0.2, 0.25) is 0 Å². The number of hydrogen-bond acceptors (Lipinski definition) is 4. The maximum absolute atomic E-state index is 12.5. The van der Waals surface area contributed by atoms with E-state index in [9.17, 15) is 19.7 Å². The van der Waals surface area contributed by atoms with Crippen molar-refractivity contribution >= 4 is 23.2 Å². The number of carbonyl (C=O) groups excluding carboxylic acids is 2. The number of nitro benzene ring substituents is 1. The summed E-state index contributed by atoms with van der Waals surface area (Å²) >= 11 is 0. The highest BCUT2D eigenvalue weighted by Gasteiger charge is 2.35. The third-order valence-electron chi connectivity index (χ3n) is 4.53. The Bertz CT molecular complexity index is 820. The highest BCUT2D eigenvalue weighted by atomic mass is 16.6. The van der Waals surface area contributed by atoms with E-state index in [1.54, 1.807) is 0 Å². The number of hydrogen-bond donors (Lipinski definition) is 1. The van der Waals surface area contributed by atoms with Gasteiger partial charge in [0.15, 0.2) is 0 Å². The van der Waals surface area contributed by atoms with Crippen LogP contribution in [0.4, 0.5) is 11.4 Å². The number of rotatable bonds is 5. The van der Waals surface area contributed by atoms with Crippen LogP contribution in [0.3, 0.4) is 0 Å². The van der Waals surface area contributed by atoms with E-state index in [1.807, 2.05) is 37.3 Å². The van der Waals surface area contributed by atoms with Crippen LogP contribution in [0.5, 0.6) is 0 Å². The Balaban J connectivity index is 1.65. The predicted octanol–water partition coefficient (Wildman–Crippen LogP) is 2.83. The van der Waals surface area contributed by atoms with Gasteiger partial charge in [-0.05, 0) is 24.6 Å². The van der Waals surface area contributed by atoms with Crippen molar-refractivity contribution in [2.75, 3.05) is 11.4 Å². The maximum atomic E-state index is 12.5. The Morgan fingerprint density at radius 3 is 2.46 bits per heavy atom. The van der Waals surface area contributed by atoms with E-state index in [2.05, 4.69) is 5.32 Å².